The highest BCUT2D eigenvalue weighted by Crippen LogP contribution is 2.30. The molecule has 1 atom stereocenters. The van der Waals surface area contributed by atoms with Gasteiger partial charge in [-0.1, -0.05) is 36.0 Å². The van der Waals surface area contributed by atoms with Crippen LogP contribution in [0.15, 0.2) is 53.7 Å². The molecule has 1 amide bonds. The van der Waals surface area contributed by atoms with Gasteiger partial charge in [-0.3, -0.25) is 4.79 Å². The van der Waals surface area contributed by atoms with Gasteiger partial charge in [-0.25, -0.2) is 4.98 Å². The molecule has 0 fully saturated rings. The molecule has 4 rings (SSSR count). The van der Waals surface area contributed by atoms with E-state index in [9.17, 15) is 4.79 Å². The third-order valence-corrected chi connectivity index (χ3v) is 6.91. The largest absolute Gasteiger partial charge is 0.492 e. The fraction of sp³-hybridized carbons (Fsp3) is 0.286. The summed E-state index contributed by atoms with van der Waals surface area (Å²) in [6.45, 7) is 4.45. The Kier molecular flexibility index (Phi) is 6.47. The Morgan fingerprint density at radius 3 is 2.81 bits per heavy atom. The van der Waals surface area contributed by atoms with Crippen LogP contribution in [-0.4, -0.2) is 55.4 Å². The minimum absolute atomic E-state index is 0.0237. The van der Waals surface area contributed by atoms with Gasteiger partial charge in [0, 0.05) is 7.05 Å². The Morgan fingerprint density at radius 1 is 1.23 bits per heavy atom. The maximum Gasteiger partial charge on any atom is 0.233 e. The van der Waals surface area contributed by atoms with Gasteiger partial charge in [0.15, 0.2) is 0 Å². The van der Waals surface area contributed by atoms with Crippen molar-refractivity contribution in [3.63, 3.8) is 0 Å². The molecule has 160 valence electrons. The first kappa shape index (κ1) is 21.3. The summed E-state index contributed by atoms with van der Waals surface area (Å²) in [7, 11) is 1.80. The maximum absolute atomic E-state index is 12.9. The number of hydrogen-bond donors (Lipinski definition) is 0. The van der Waals surface area contributed by atoms with E-state index in [1.165, 1.54) is 11.8 Å². The van der Waals surface area contributed by atoms with Crippen molar-refractivity contribution in [2.45, 2.75) is 25.0 Å². The number of para-hydroxylation sites is 3. The standard InChI is InChI=1S/C21H22N6O2S2/c1-4-29-17-11-7-6-10-16(17)27-21(23-24-25-27)30-13-19(28)26(3)14(2)20-22-15-9-5-8-12-18(15)31-20/h5-12,14H,4,13H2,1-3H3/t14-/m1/s1. The molecule has 0 aliphatic heterocycles. The van der Waals surface area contributed by atoms with Crippen LogP contribution in [0.5, 0.6) is 5.75 Å². The molecule has 4 aromatic rings. The summed E-state index contributed by atoms with van der Waals surface area (Å²) in [6.07, 6.45) is 0. The van der Waals surface area contributed by atoms with E-state index in [1.807, 2.05) is 62.4 Å². The second-order valence-corrected chi connectivity index (χ2v) is 8.77. The van der Waals surface area contributed by atoms with E-state index < -0.39 is 0 Å². The average molecular weight is 455 g/mol. The Labute approximate surface area is 188 Å². The number of amides is 1. The molecule has 0 unspecified atom stereocenters. The third kappa shape index (κ3) is 4.54. The van der Waals surface area contributed by atoms with Crippen LogP contribution >= 0.6 is 23.1 Å². The van der Waals surface area contributed by atoms with Crippen molar-refractivity contribution in [2.24, 2.45) is 0 Å². The van der Waals surface area contributed by atoms with Gasteiger partial charge in [0.1, 0.15) is 16.4 Å². The summed E-state index contributed by atoms with van der Waals surface area (Å²) >= 11 is 2.90. The lowest BCUT2D eigenvalue weighted by Gasteiger charge is -2.23. The van der Waals surface area contributed by atoms with Crippen LogP contribution in [0.25, 0.3) is 15.9 Å². The summed E-state index contributed by atoms with van der Waals surface area (Å²) in [5.74, 6) is 0.875. The van der Waals surface area contributed by atoms with Crippen molar-refractivity contribution in [2.75, 3.05) is 19.4 Å². The van der Waals surface area contributed by atoms with Crippen molar-refractivity contribution in [1.82, 2.24) is 30.1 Å². The molecule has 0 N–H and O–H groups in total. The molecule has 0 aliphatic carbocycles. The molecule has 0 bridgehead atoms. The number of carbonyl (C=O) groups is 1. The zero-order chi connectivity index (χ0) is 21.8. The first-order chi connectivity index (χ1) is 15.1. The van der Waals surface area contributed by atoms with Gasteiger partial charge in [-0.2, -0.15) is 4.68 Å². The fourth-order valence-corrected chi connectivity index (χ4v) is 4.88. The first-order valence-corrected chi connectivity index (χ1v) is 11.6. The fourth-order valence-electron chi connectivity index (χ4n) is 3.01. The number of nitrogens with zero attached hydrogens (tertiary/aromatic N) is 6. The second-order valence-electron chi connectivity index (χ2n) is 6.76. The Bertz CT molecular complexity index is 1160. The number of hydrogen-bond acceptors (Lipinski definition) is 8. The molecule has 31 heavy (non-hydrogen) atoms. The number of ether oxygens (including phenoxy) is 1. The van der Waals surface area contributed by atoms with Gasteiger partial charge in [-0.15, -0.1) is 16.4 Å². The zero-order valence-corrected chi connectivity index (χ0v) is 19.1. The minimum Gasteiger partial charge on any atom is -0.492 e. The van der Waals surface area contributed by atoms with Crippen LogP contribution in [-0.2, 0) is 4.79 Å². The molecule has 2 aromatic carbocycles. The van der Waals surface area contributed by atoms with Crippen LogP contribution in [0.3, 0.4) is 0 Å². The molecule has 0 aliphatic rings. The Morgan fingerprint density at radius 2 is 2.00 bits per heavy atom. The van der Waals surface area contributed by atoms with Crippen LogP contribution in [0.4, 0.5) is 0 Å². The number of fused-ring (bicyclic) bond motifs is 1. The monoisotopic (exact) mass is 454 g/mol. The summed E-state index contributed by atoms with van der Waals surface area (Å²) < 4.78 is 8.39. The lowest BCUT2D eigenvalue weighted by molar-refractivity contribution is -0.128. The quantitative estimate of drug-likeness (QED) is 0.372. The molecule has 8 nitrogen and oxygen atoms in total. The summed E-state index contributed by atoms with van der Waals surface area (Å²) in [6, 6.07) is 15.4. The van der Waals surface area contributed by atoms with Crippen molar-refractivity contribution >= 4 is 39.2 Å². The van der Waals surface area contributed by atoms with E-state index >= 15 is 0 Å². The van der Waals surface area contributed by atoms with E-state index in [1.54, 1.807) is 28.0 Å². The number of rotatable bonds is 8. The predicted octanol–water partition coefficient (Wildman–Crippen LogP) is 3.98. The normalized spacial score (nSPS) is 12.1. The van der Waals surface area contributed by atoms with E-state index in [4.69, 9.17) is 4.74 Å². The van der Waals surface area contributed by atoms with Crippen molar-refractivity contribution in [3.05, 3.63) is 53.5 Å². The van der Waals surface area contributed by atoms with Gasteiger partial charge < -0.3 is 9.64 Å². The maximum atomic E-state index is 12.9. The Hall–Kier alpha value is -2.98. The van der Waals surface area contributed by atoms with Crippen LogP contribution in [0, 0.1) is 0 Å². The van der Waals surface area contributed by atoms with Gasteiger partial charge in [0.05, 0.1) is 28.6 Å². The predicted molar refractivity (Wildman–Crippen MR) is 122 cm³/mol. The summed E-state index contributed by atoms with van der Waals surface area (Å²) in [4.78, 5) is 19.3. The molecule has 2 heterocycles. The summed E-state index contributed by atoms with van der Waals surface area (Å²) in [5, 5.41) is 13.4. The summed E-state index contributed by atoms with van der Waals surface area (Å²) in [5.41, 5.74) is 1.69. The average Bonchev–Trinajstić information content (AvgIpc) is 3.44. The highest BCUT2D eigenvalue weighted by molar-refractivity contribution is 7.99. The number of thiazole rings is 1. The topological polar surface area (TPSA) is 86.0 Å². The van der Waals surface area contributed by atoms with E-state index in [2.05, 4.69) is 20.5 Å². The van der Waals surface area contributed by atoms with Gasteiger partial charge in [0.25, 0.3) is 0 Å². The van der Waals surface area contributed by atoms with E-state index in [0.717, 1.165) is 20.9 Å². The minimum atomic E-state index is -0.125. The molecule has 0 radical (unpaired) electrons. The molecular formula is C21H22N6O2S2. The lowest BCUT2D eigenvalue weighted by Crippen LogP contribution is -2.31. The zero-order valence-electron chi connectivity index (χ0n) is 17.4. The van der Waals surface area contributed by atoms with E-state index in [-0.39, 0.29) is 17.7 Å². The number of aromatic nitrogens is 5. The molecular weight excluding hydrogens is 432 g/mol. The molecule has 2 aromatic heterocycles. The number of carbonyl (C=O) groups excluding carboxylic acids is 1. The highest BCUT2D eigenvalue weighted by atomic mass is 32.2. The van der Waals surface area contributed by atoms with Gasteiger partial charge >= 0.3 is 0 Å². The highest BCUT2D eigenvalue weighted by Gasteiger charge is 2.22. The molecule has 0 saturated carbocycles. The lowest BCUT2D eigenvalue weighted by atomic mass is 10.3. The van der Waals surface area contributed by atoms with Crippen LogP contribution in [0.2, 0.25) is 0 Å². The van der Waals surface area contributed by atoms with Crippen LogP contribution < -0.4 is 4.74 Å². The van der Waals surface area contributed by atoms with Crippen LogP contribution in [0.1, 0.15) is 24.9 Å². The van der Waals surface area contributed by atoms with E-state index in [0.29, 0.717) is 17.5 Å². The molecule has 0 saturated heterocycles. The number of tetrazole rings is 1. The third-order valence-electron chi connectivity index (χ3n) is 4.80. The second kappa shape index (κ2) is 9.44. The molecule has 10 heteroatoms. The first-order valence-electron chi connectivity index (χ1n) is 9.83. The van der Waals surface area contributed by atoms with Crippen molar-refractivity contribution in [3.8, 4) is 11.4 Å². The van der Waals surface area contributed by atoms with Gasteiger partial charge in [0.2, 0.25) is 11.1 Å². The smallest absolute Gasteiger partial charge is 0.233 e. The number of thioether (sulfide) groups is 1. The Balaban J connectivity index is 1.45. The van der Waals surface area contributed by atoms with Gasteiger partial charge in [-0.05, 0) is 48.5 Å². The molecule has 0 spiro atoms. The van der Waals surface area contributed by atoms with Crippen molar-refractivity contribution in [1.29, 1.82) is 0 Å². The van der Waals surface area contributed by atoms with Crippen molar-refractivity contribution < 1.29 is 9.53 Å². The number of benzene rings is 2. The SMILES string of the molecule is CCOc1ccccc1-n1nnnc1SCC(=O)N(C)[C@H](C)c1nc2ccccc2s1.